The molecule has 31 heavy (non-hydrogen) atoms. The number of amides is 1. The molecule has 0 saturated heterocycles. The van der Waals surface area contributed by atoms with E-state index in [4.69, 9.17) is 20.8 Å². The number of halogens is 1. The van der Waals surface area contributed by atoms with Crippen molar-refractivity contribution in [1.29, 1.82) is 0 Å². The van der Waals surface area contributed by atoms with E-state index < -0.39 is 0 Å². The zero-order valence-corrected chi connectivity index (χ0v) is 19.2. The molecule has 0 aliphatic rings. The van der Waals surface area contributed by atoms with Crippen LogP contribution in [0.4, 0.5) is 0 Å². The Bertz CT molecular complexity index is 1150. The molecular formula is C21H19ClN4O3S2. The molecule has 0 aliphatic carbocycles. The number of para-hydroxylation sites is 1. The number of thioether (sulfide) groups is 1. The van der Waals surface area contributed by atoms with E-state index in [0.29, 0.717) is 21.9 Å². The summed E-state index contributed by atoms with van der Waals surface area (Å²) in [6.45, 7) is 2.11. The summed E-state index contributed by atoms with van der Waals surface area (Å²) < 4.78 is 12.2. The summed E-state index contributed by atoms with van der Waals surface area (Å²) in [7, 11) is 1.78. The summed E-state index contributed by atoms with van der Waals surface area (Å²) in [4.78, 5) is 19.0. The van der Waals surface area contributed by atoms with Crippen LogP contribution < -0.4 is 4.74 Å². The van der Waals surface area contributed by atoms with Crippen LogP contribution in [0.5, 0.6) is 5.75 Å². The van der Waals surface area contributed by atoms with Gasteiger partial charge in [0, 0.05) is 12.1 Å². The maximum atomic E-state index is 12.6. The summed E-state index contributed by atoms with van der Waals surface area (Å²) in [5.74, 6) is 1.12. The van der Waals surface area contributed by atoms with Gasteiger partial charge < -0.3 is 14.1 Å². The molecule has 2 heterocycles. The monoisotopic (exact) mass is 474 g/mol. The maximum absolute atomic E-state index is 12.6. The smallest absolute Gasteiger partial charge is 0.277 e. The zero-order valence-electron chi connectivity index (χ0n) is 16.8. The normalized spacial score (nSPS) is 12.1. The summed E-state index contributed by atoms with van der Waals surface area (Å²) in [5.41, 5.74) is 0.948. The highest BCUT2D eigenvalue weighted by Gasteiger charge is 2.21. The van der Waals surface area contributed by atoms with Crippen molar-refractivity contribution in [3.05, 3.63) is 64.5 Å². The number of aromatic nitrogens is 3. The highest BCUT2D eigenvalue weighted by Crippen LogP contribution is 2.29. The van der Waals surface area contributed by atoms with Crippen molar-refractivity contribution in [3.63, 3.8) is 0 Å². The van der Waals surface area contributed by atoms with E-state index in [-0.39, 0.29) is 24.3 Å². The fourth-order valence-corrected chi connectivity index (χ4v) is 4.60. The van der Waals surface area contributed by atoms with Crippen LogP contribution in [0.3, 0.4) is 0 Å². The minimum absolute atomic E-state index is 0.0473. The number of nitrogens with zero attached hydrogens (tertiary/aromatic N) is 4. The summed E-state index contributed by atoms with van der Waals surface area (Å²) in [6.07, 6.45) is 0. The van der Waals surface area contributed by atoms with Gasteiger partial charge in [0.1, 0.15) is 10.8 Å². The quantitative estimate of drug-likeness (QED) is 0.323. The van der Waals surface area contributed by atoms with Crippen LogP contribution in [-0.4, -0.2) is 38.8 Å². The molecule has 160 valence electrons. The molecule has 0 spiro atoms. The minimum atomic E-state index is -0.128. The van der Waals surface area contributed by atoms with Crippen LogP contribution in [0.15, 0.2) is 58.2 Å². The Labute approximate surface area is 192 Å². The number of hydrogen-bond acceptors (Lipinski definition) is 8. The molecule has 0 bridgehead atoms. The predicted molar refractivity (Wildman–Crippen MR) is 122 cm³/mol. The van der Waals surface area contributed by atoms with Gasteiger partial charge in [-0.1, -0.05) is 35.5 Å². The topological polar surface area (TPSA) is 81.4 Å². The number of benzene rings is 2. The molecule has 0 saturated carbocycles. The highest BCUT2D eigenvalue weighted by atomic mass is 35.5. The van der Waals surface area contributed by atoms with Crippen molar-refractivity contribution in [2.75, 3.05) is 12.8 Å². The molecule has 4 rings (SSSR count). The van der Waals surface area contributed by atoms with Crippen molar-refractivity contribution in [1.82, 2.24) is 20.1 Å². The molecule has 0 radical (unpaired) electrons. The maximum Gasteiger partial charge on any atom is 0.277 e. The number of hydrogen-bond donors (Lipinski definition) is 0. The van der Waals surface area contributed by atoms with Gasteiger partial charge in [-0.3, -0.25) is 4.79 Å². The number of ether oxygens (including phenoxy) is 1. The number of thiazole rings is 1. The molecule has 7 nitrogen and oxygen atoms in total. The van der Waals surface area contributed by atoms with E-state index in [1.807, 2.05) is 31.2 Å². The number of rotatable bonds is 8. The molecule has 1 atom stereocenters. The first-order chi connectivity index (χ1) is 15.0. The van der Waals surface area contributed by atoms with Gasteiger partial charge in [-0.15, -0.1) is 21.5 Å². The Hall–Kier alpha value is -2.62. The largest absolute Gasteiger partial charge is 0.484 e. The van der Waals surface area contributed by atoms with E-state index in [1.165, 1.54) is 11.8 Å². The summed E-state index contributed by atoms with van der Waals surface area (Å²) >= 11 is 8.65. The first kappa shape index (κ1) is 21.6. The SMILES string of the molecule is C[C@@H](c1nc2ccccc2s1)N(C)C(=O)CSc1nnc(COc2ccc(Cl)cc2)o1. The second-order valence-electron chi connectivity index (χ2n) is 6.69. The van der Waals surface area contributed by atoms with Gasteiger partial charge in [0.2, 0.25) is 5.91 Å². The second kappa shape index (κ2) is 9.67. The van der Waals surface area contributed by atoms with Gasteiger partial charge in [0.25, 0.3) is 11.1 Å². The van der Waals surface area contributed by atoms with Gasteiger partial charge >= 0.3 is 0 Å². The van der Waals surface area contributed by atoms with Crippen molar-refractivity contribution in [3.8, 4) is 5.75 Å². The Balaban J connectivity index is 1.29. The minimum Gasteiger partial charge on any atom is -0.484 e. The number of fused-ring (bicyclic) bond motifs is 1. The first-order valence-corrected chi connectivity index (χ1v) is 11.6. The third-order valence-electron chi connectivity index (χ3n) is 4.59. The van der Waals surface area contributed by atoms with Gasteiger partial charge in [-0.05, 0) is 43.3 Å². The summed E-state index contributed by atoms with van der Waals surface area (Å²) in [5, 5.41) is 9.79. The van der Waals surface area contributed by atoms with E-state index in [0.717, 1.165) is 15.2 Å². The van der Waals surface area contributed by atoms with Gasteiger partial charge in [-0.2, -0.15) is 0 Å². The van der Waals surface area contributed by atoms with Crippen molar-refractivity contribution in [2.45, 2.75) is 24.8 Å². The Morgan fingerprint density at radius 1 is 1.23 bits per heavy atom. The molecule has 1 amide bonds. The molecule has 0 fully saturated rings. The molecule has 0 unspecified atom stereocenters. The first-order valence-electron chi connectivity index (χ1n) is 9.44. The second-order valence-corrected chi connectivity index (χ2v) is 9.12. The van der Waals surface area contributed by atoms with Crippen molar-refractivity contribution >= 4 is 50.8 Å². The molecule has 0 N–H and O–H groups in total. The number of carbonyl (C=O) groups is 1. The molecule has 2 aromatic heterocycles. The molecule has 10 heteroatoms. The third-order valence-corrected chi connectivity index (χ3v) is 6.85. The van der Waals surface area contributed by atoms with Crippen molar-refractivity contribution in [2.24, 2.45) is 0 Å². The predicted octanol–water partition coefficient (Wildman–Crippen LogP) is 5.22. The average molecular weight is 475 g/mol. The fraction of sp³-hybridized carbons (Fsp3) is 0.238. The van der Waals surface area contributed by atoms with E-state index in [1.54, 1.807) is 47.5 Å². The third kappa shape index (κ3) is 5.36. The van der Waals surface area contributed by atoms with Gasteiger partial charge in [0.15, 0.2) is 6.61 Å². The van der Waals surface area contributed by atoms with Crippen LogP contribution >= 0.6 is 34.7 Å². The van der Waals surface area contributed by atoms with Crippen LogP contribution in [0, 0.1) is 0 Å². The Morgan fingerprint density at radius 3 is 2.77 bits per heavy atom. The summed E-state index contributed by atoms with van der Waals surface area (Å²) in [6, 6.07) is 14.8. The molecule has 0 aliphatic heterocycles. The van der Waals surface area contributed by atoms with Crippen LogP contribution in [-0.2, 0) is 11.4 Å². The average Bonchev–Trinajstić information content (AvgIpc) is 3.43. The van der Waals surface area contributed by atoms with E-state index >= 15 is 0 Å². The molecular weight excluding hydrogens is 456 g/mol. The fourth-order valence-electron chi connectivity index (χ4n) is 2.71. The lowest BCUT2D eigenvalue weighted by Crippen LogP contribution is -2.31. The van der Waals surface area contributed by atoms with Gasteiger partial charge in [0.05, 0.1) is 22.0 Å². The van der Waals surface area contributed by atoms with E-state index in [9.17, 15) is 4.79 Å². The highest BCUT2D eigenvalue weighted by molar-refractivity contribution is 7.99. The Kier molecular flexibility index (Phi) is 6.74. The lowest BCUT2D eigenvalue weighted by molar-refractivity contribution is -0.128. The van der Waals surface area contributed by atoms with E-state index in [2.05, 4.69) is 15.2 Å². The standard InChI is InChI=1S/C21H19ClN4O3S2/c1-13(20-23-16-5-3-4-6-17(16)31-20)26(2)19(27)12-30-21-25-24-18(29-21)11-28-15-9-7-14(22)8-10-15/h3-10,13H,11-12H2,1-2H3/t13-/m0/s1. The molecule has 4 aromatic rings. The van der Waals surface area contributed by atoms with Crippen LogP contribution in [0.1, 0.15) is 23.9 Å². The Morgan fingerprint density at radius 2 is 2.00 bits per heavy atom. The lowest BCUT2D eigenvalue weighted by Gasteiger charge is -2.22. The lowest BCUT2D eigenvalue weighted by atomic mass is 10.3. The van der Waals surface area contributed by atoms with Crippen LogP contribution in [0.2, 0.25) is 5.02 Å². The zero-order chi connectivity index (χ0) is 21.8. The number of carbonyl (C=O) groups excluding carboxylic acids is 1. The van der Waals surface area contributed by atoms with Crippen LogP contribution in [0.25, 0.3) is 10.2 Å². The molecule has 2 aromatic carbocycles. The van der Waals surface area contributed by atoms with Crippen molar-refractivity contribution < 1.29 is 13.9 Å². The van der Waals surface area contributed by atoms with Gasteiger partial charge in [-0.25, -0.2) is 4.98 Å².